The van der Waals surface area contributed by atoms with Crippen LogP contribution in [0.1, 0.15) is 35.3 Å². The normalized spacial score (nSPS) is 14.6. The molecule has 0 aromatic heterocycles. The smallest absolute Gasteiger partial charge is 0.123 e. The van der Waals surface area contributed by atoms with Crippen molar-refractivity contribution in [2.45, 2.75) is 26.1 Å². The molecule has 1 aliphatic rings. The van der Waals surface area contributed by atoms with Crippen molar-refractivity contribution in [1.29, 1.82) is 0 Å². The van der Waals surface area contributed by atoms with Gasteiger partial charge in [0.15, 0.2) is 0 Å². The third kappa shape index (κ3) is 3.09. The summed E-state index contributed by atoms with van der Waals surface area (Å²) in [6, 6.07) is 14.4. The van der Waals surface area contributed by atoms with E-state index in [1.807, 2.05) is 25.1 Å². The Labute approximate surface area is 125 Å². The maximum atomic E-state index is 10.2. The number of aliphatic hydroxyl groups is 1. The zero-order valence-corrected chi connectivity index (χ0v) is 12.3. The Morgan fingerprint density at radius 1 is 1.14 bits per heavy atom. The van der Waals surface area contributed by atoms with E-state index in [1.165, 1.54) is 11.1 Å². The largest absolute Gasteiger partial charge is 0.489 e. The van der Waals surface area contributed by atoms with Crippen LogP contribution in [0.25, 0.3) is 0 Å². The van der Waals surface area contributed by atoms with E-state index < -0.39 is 6.10 Å². The van der Waals surface area contributed by atoms with Gasteiger partial charge in [-0.25, -0.2) is 0 Å². The Kier molecular flexibility index (Phi) is 4.23. The molecule has 0 saturated heterocycles. The van der Waals surface area contributed by atoms with Crippen LogP contribution in [-0.4, -0.2) is 18.2 Å². The molecule has 3 rings (SSSR count). The number of nitrogens with one attached hydrogen (secondary N) is 1. The van der Waals surface area contributed by atoms with E-state index in [2.05, 4.69) is 29.6 Å². The first-order valence-electron chi connectivity index (χ1n) is 7.49. The van der Waals surface area contributed by atoms with Crippen LogP contribution in [0.3, 0.4) is 0 Å². The van der Waals surface area contributed by atoms with Crippen molar-refractivity contribution in [3.8, 4) is 5.75 Å². The molecule has 1 heterocycles. The molecule has 0 aliphatic carbocycles. The number of rotatable bonds is 4. The van der Waals surface area contributed by atoms with Gasteiger partial charge in [0.25, 0.3) is 0 Å². The van der Waals surface area contributed by atoms with Gasteiger partial charge in [-0.05, 0) is 40.9 Å². The van der Waals surface area contributed by atoms with Gasteiger partial charge < -0.3 is 15.2 Å². The Morgan fingerprint density at radius 3 is 2.76 bits per heavy atom. The monoisotopic (exact) mass is 283 g/mol. The summed E-state index contributed by atoms with van der Waals surface area (Å²) in [6.45, 7) is 4.09. The summed E-state index contributed by atoms with van der Waals surface area (Å²) in [5, 5.41) is 13.4. The second-order valence-corrected chi connectivity index (χ2v) is 5.42. The minimum atomic E-state index is -0.478. The molecule has 1 unspecified atom stereocenters. The van der Waals surface area contributed by atoms with Crippen LogP contribution in [-0.2, 0) is 13.0 Å². The summed E-state index contributed by atoms with van der Waals surface area (Å²) in [5.41, 5.74) is 4.63. The number of hydrogen-bond acceptors (Lipinski definition) is 3. The van der Waals surface area contributed by atoms with Gasteiger partial charge in [-0.1, -0.05) is 37.3 Å². The third-order valence-electron chi connectivity index (χ3n) is 3.94. The SMILES string of the molecule is CCNCC(O)c1ccc2c(c1)Cc1ccccc1CO2. The number of ether oxygens (including phenoxy) is 1. The third-order valence-corrected chi connectivity index (χ3v) is 3.94. The van der Waals surface area contributed by atoms with Crippen molar-refractivity contribution in [3.63, 3.8) is 0 Å². The molecule has 0 amide bonds. The number of aliphatic hydroxyl groups excluding tert-OH is 1. The molecule has 2 aromatic carbocycles. The van der Waals surface area contributed by atoms with Crippen LogP contribution in [0.4, 0.5) is 0 Å². The lowest BCUT2D eigenvalue weighted by molar-refractivity contribution is 0.175. The Morgan fingerprint density at radius 2 is 1.95 bits per heavy atom. The van der Waals surface area contributed by atoms with Crippen molar-refractivity contribution < 1.29 is 9.84 Å². The molecule has 2 N–H and O–H groups in total. The topological polar surface area (TPSA) is 41.5 Å². The summed E-state index contributed by atoms with van der Waals surface area (Å²) in [5.74, 6) is 0.922. The number of fused-ring (bicyclic) bond motifs is 2. The van der Waals surface area contributed by atoms with E-state index in [1.54, 1.807) is 0 Å². The van der Waals surface area contributed by atoms with Gasteiger partial charge >= 0.3 is 0 Å². The predicted molar refractivity (Wildman–Crippen MR) is 83.5 cm³/mol. The first kappa shape index (κ1) is 14.1. The molecule has 2 aromatic rings. The quantitative estimate of drug-likeness (QED) is 0.906. The first-order valence-corrected chi connectivity index (χ1v) is 7.49. The summed E-state index contributed by atoms with van der Waals surface area (Å²) in [4.78, 5) is 0. The van der Waals surface area contributed by atoms with E-state index in [4.69, 9.17) is 4.74 Å². The van der Waals surface area contributed by atoms with Gasteiger partial charge in [-0.15, -0.1) is 0 Å². The summed E-state index contributed by atoms with van der Waals surface area (Å²) in [7, 11) is 0. The molecule has 0 fully saturated rings. The highest BCUT2D eigenvalue weighted by Crippen LogP contribution is 2.30. The Hall–Kier alpha value is -1.84. The fourth-order valence-corrected chi connectivity index (χ4v) is 2.72. The number of hydrogen-bond donors (Lipinski definition) is 2. The standard InChI is InChI=1S/C18H21NO2/c1-2-19-11-17(20)14-7-8-18-16(10-14)9-13-5-3-4-6-15(13)12-21-18/h3-8,10,17,19-20H,2,9,11-12H2,1H3. The lowest BCUT2D eigenvalue weighted by Crippen LogP contribution is -2.20. The molecule has 0 bridgehead atoms. The average Bonchev–Trinajstić information content (AvgIpc) is 2.70. The fourth-order valence-electron chi connectivity index (χ4n) is 2.72. The van der Waals surface area contributed by atoms with Crippen molar-refractivity contribution in [1.82, 2.24) is 5.32 Å². The molecule has 21 heavy (non-hydrogen) atoms. The van der Waals surface area contributed by atoms with Crippen molar-refractivity contribution in [3.05, 3.63) is 64.7 Å². The van der Waals surface area contributed by atoms with Crippen LogP contribution in [0.2, 0.25) is 0 Å². The van der Waals surface area contributed by atoms with Gasteiger partial charge in [0.05, 0.1) is 6.10 Å². The number of likely N-dealkylation sites (N-methyl/N-ethyl adjacent to an activating group) is 1. The van der Waals surface area contributed by atoms with Crippen LogP contribution < -0.4 is 10.1 Å². The molecule has 3 nitrogen and oxygen atoms in total. The zero-order chi connectivity index (χ0) is 14.7. The molecule has 3 heteroatoms. The summed E-state index contributed by atoms with van der Waals surface area (Å²) < 4.78 is 5.89. The maximum absolute atomic E-state index is 10.2. The first-order chi connectivity index (χ1) is 10.3. The minimum absolute atomic E-state index is 0.478. The van der Waals surface area contributed by atoms with Gasteiger partial charge in [-0.2, -0.15) is 0 Å². The lowest BCUT2D eigenvalue weighted by Gasteiger charge is -2.14. The predicted octanol–water partition coefficient (Wildman–Crippen LogP) is 2.81. The molecule has 110 valence electrons. The van der Waals surface area contributed by atoms with Crippen molar-refractivity contribution in [2.75, 3.05) is 13.1 Å². The second kappa shape index (κ2) is 6.29. The highest BCUT2D eigenvalue weighted by molar-refractivity contribution is 5.44. The van der Waals surface area contributed by atoms with E-state index in [-0.39, 0.29) is 0 Å². The van der Waals surface area contributed by atoms with Crippen molar-refractivity contribution >= 4 is 0 Å². The zero-order valence-electron chi connectivity index (χ0n) is 12.3. The van der Waals surface area contributed by atoms with Crippen LogP contribution >= 0.6 is 0 Å². The second-order valence-electron chi connectivity index (χ2n) is 5.42. The van der Waals surface area contributed by atoms with Gasteiger partial charge in [0.1, 0.15) is 12.4 Å². The molecular weight excluding hydrogens is 262 g/mol. The summed E-state index contributed by atoms with van der Waals surface area (Å²) >= 11 is 0. The highest BCUT2D eigenvalue weighted by atomic mass is 16.5. The molecule has 0 spiro atoms. The Balaban J connectivity index is 1.87. The molecule has 0 saturated carbocycles. The summed E-state index contributed by atoms with van der Waals surface area (Å²) in [6.07, 6.45) is 0.376. The highest BCUT2D eigenvalue weighted by Gasteiger charge is 2.16. The van der Waals surface area contributed by atoms with E-state index >= 15 is 0 Å². The van der Waals surface area contributed by atoms with Gasteiger partial charge in [0.2, 0.25) is 0 Å². The molecule has 0 radical (unpaired) electrons. The maximum Gasteiger partial charge on any atom is 0.123 e. The van der Waals surface area contributed by atoms with E-state index in [9.17, 15) is 5.11 Å². The number of benzene rings is 2. The van der Waals surface area contributed by atoms with Crippen LogP contribution in [0, 0.1) is 0 Å². The Bertz CT molecular complexity index is 624. The van der Waals surface area contributed by atoms with E-state index in [0.29, 0.717) is 13.2 Å². The van der Waals surface area contributed by atoms with E-state index in [0.717, 1.165) is 29.8 Å². The minimum Gasteiger partial charge on any atom is -0.489 e. The van der Waals surface area contributed by atoms with Gasteiger partial charge in [-0.3, -0.25) is 0 Å². The van der Waals surface area contributed by atoms with Crippen LogP contribution in [0.5, 0.6) is 5.75 Å². The fraction of sp³-hybridized carbons (Fsp3) is 0.333. The van der Waals surface area contributed by atoms with Gasteiger partial charge in [0, 0.05) is 13.0 Å². The lowest BCUT2D eigenvalue weighted by atomic mass is 9.98. The van der Waals surface area contributed by atoms with Crippen molar-refractivity contribution in [2.24, 2.45) is 0 Å². The molecule has 1 aliphatic heterocycles. The van der Waals surface area contributed by atoms with Crippen LogP contribution in [0.15, 0.2) is 42.5 Å². The molecular formula is C18H21NO2. The average molecular weight is 283 g/mol. The molecule has 1 atom stereocenters.